The van der Waals surface area contributed by atoms with Gasteiger partial charge in [-0.15, -0.1) is 0 Å². The van der Waals surface area contributed by atoms with E-state index in [1.807, 2.05) is 0 Å². The minimum Gasteiger partial charge on any atom is -0.0616 e. The average Bonchev–Trinajstić information content (AvgIpc) is 2.54. The van der Waals surface area contributed by atoms with Crippen LogP contribution in [0.25, 0.3) is 32.3 Å². The molecule has 0 heteroatoms. The maximum Gasteiger partial charge on any atom is -0.00669 e. The summed E-state index contributed by atoms with van der Waals surface area (Å²) >= 11 is 0. The van der Waals surface area contributed by atoms with Crippen LogP contribution in [0.15, 0.2) is 60.7 Å². The van der Waals surface area contributed by atoms with Crippen molar-refractivity contribution in [2.24, 2.45) is 0 Å². The smallest absolute Gasteiger partial charge is 0.00669 e. The third-order valence-corrected chi connectivity index (χ3v) is 4.65. The molecule has 0 heterocycles. The standard InChI is InChI=1S/C21H18/c1-3-16-14(2)21-17-9-5-4-8-15(17)12-13-20(21)19-11-7-6-10-18(16)19/h4-13H,3H2,1-2H3. The summed E-state index contributed by atoms with van der Waals surface area (Å²) in [7, 11) is 0. The van der Waals surface area contributed by atoms with Crippen molar-refractivity contribution in [3.8, 4) is 0 Å². The van der Waals surface area contributed by atoms with Gasteiger partial charge in [0.05, 0.1) is 0 Å². The van der Waals surface area contributed by atoms with Crippen molar-refractivity contribution < 1.29 is 0 Å². The van der Waals surface area contributed by atoms with E-state index in [0.29, 0.717) is 0 Å². The van der Waals surface area contributed by atoms with Crippen molar-refractivity contribution in [2.75, 3.05) is 0 Å². The summed E-state index contributed by atoms with van der Waals surface area (Å²) in [6, 6.07) is 22.0. The molecular weight excluding hydrogens is 252 g/mol. The first-order chi connectivity index (χ1) is 10.3. The first-order valence-electron chi connectivity index (χ1n) is 7.63. The van der Waals surface area contributed by atoms with Gasteiger partial charge in [0.2, 0.25) is 0 Å². The number of aryl methyl sites for hydroxylation is 2. The van der Waals surface area contributed by atoms with Crippen LogP contribution in [0.4, 0.5) is 0 Å². The van der Waals surface area contributed by atoms with Gasteiger partial charge in [0, 0.05) is 0 Å². The molecule has 0 N–H and O–H groups in total. The monoisotopic (exact) mass is 270 g/mol. The molecule has 0 aliphatic rings. The van der Waals surface area contributed by atoms with E-state index < -0.39 is 0 Å². The van der Waals surface area contributed by atoms with E-state index in [-0.39, 0.29) is 0 Å². The number of rotatable bonds is 1. The van der Waals surface area contributed by atoms with Gasteiger partial charge in [0.15, 0.2) is 0 Å². The van der Waals surface area contributed by atoms with E-state index in [4.69, 9.17) is 0 Å². The average molecular weight is 270 g/mol. The van der Waals surface area contributed by atoms with E-state index >= 15 is 0 Å². The summed E-state index contributed by atoms with van der Waals surface area (Å²) in [5.74, 6) is 0. The molecule has 0 spiro atoms. The van der Waals surface area contributed by atoms with Crippen LogP contribution in [0.5, 0.6) is 0 Å². The fourth-order valence-corrected chi connectivity index (χ4v) is 3.69. The van der Waals surface area contributed by atoms with Gasteiger partial charge >= 0.3 is 0 Å². The highest BCUT2D eigenvalue weighted by molar-refractivity contribution is 6.19. The van der Waals surface area contributed by atoms with Crippen LogP contribution in [0.2, 0.25) is 0 Å². The topological polar surface area (TPSA) is 0 Å². The van der Waals surface area contributed by atoms with Crippen LogP contribution < -0.4 is 0 Å². The van der Waals surface area contributed by atoms with Crippen molar-refractivity contribution in [3.63, 3.8) is 0 Å². The predicted octanol–water partition coefficient (Wildman–Crippen LogP) is 6.02. The Labute approximate surface area is 125 Å². The Kier molecular flexibility index (Phi) is 2.71. The van der Waals surface area contributed by atoms with E-state index in [9.17, 15) is 0 Å². The Bertz CT molecular complexity index is 977. The summed E-state index contributed by atoms with van der Waals surface area (Å²) in [5, 5.41) is 8.27. The molecule has 21 heavy (non-hydrogen) atoms. The summed E-state index contributed by atoms with van der Waals surface area (Å²) in [6.45, 7) is 4.53. The third-order valence-electron chi connectivity index (χ3n) is 4.65. The maximum atomic E-state index is 2.28. The zero-order chi connectivity index (χ0) is 14.4. The van der Waals surface area contributed by atoms with Crippen LogP contribution >= 0.6 is 0 Å². The highest BCUT2D eigenvalue weighted by Gasteiger charge is 2.12. The zero-order valence-electron chi connectivity index (χ0n) is 12.5. The van der Waals surface area contributed by atoms with E-state index in [2.05, 4.69) is 74.5 Å². The lowest BCUT2D eigenvalue weighted by molar-refractivity contribution is 1.14. The zero-order valence-corrected chi connectivity index (χ0v) is 12.5. The summed E-state index contributed by atoms with van der Waals surface area (Å²) in [6.07, 6.45) is 1.07. The second kappa shape index (κ2) is 4.60. The Morgan fingerprint density at radius 1 is 0.667 bits per heavy atom. The molecule has 0 aliphatic heterocycles. The number of hydrogen-bond donors (Lipinski definition) is 0. The molecular formula is C21H18. The highest BCUT2D eigenvalue weighted by Crippen LogP contribution is 2.36. The lowest BCUT2D eigenvalue weighted by Crippen LogP contribution is -1.93. The Morgan fingerprint density at radius 3 is 2.10 bits per heavy atom. The molecule has 0 saturated heterocycles. The Hall–Kier alpha value is -2.34. The van der Waals surface area contributed by atoms with Crippen molar-refractivity contribution in [3.05, 3.63) is 71.8 Å². The van der Waals surface area contributed by atoms with E-state index in [0.717, 1.165) is 6.42 Å². The van der Waals surface area contributed by atoms with Crippen molar-refractivity contribution >= 4 is 32.3 Å². The molecule has 4 aromatic carbocycles. The number of benzene rings is 4. The lowest BCUT2D eigenvalue weighted by Gasteiger charge is -2.15. The highest BCUT2D eigenvalue weighted by atomic mass is 14.2. The molecule has 0 radical (unpaired) electrons. The van der Waals surface area contributed by atoms with Crippen LogP contribution in [-0.4, -0.2) is 0 Å². The number of fused-ring (bicyclic) bond motifs is 5. The molecule has 0 unspecified atom stereocenters. The van der Waals surface area contributed by atoms with Crippen molar-refractivity contribution in [2.45, 2.75) is 20.3 Å². The number of hydrogen-bond acceptors (Lipinski definition) is 0. The molecule has 4 aromatic rings. The minimum absolute atomic E-state index is 1.07. The summed E-state index contributed by atoms with van der Waals surface area (Å²) in [4.78, 5) is 0. The van der Waals surface area contributed by atoms with Crippen LogP contribution in [0.1, 0.15) is 18.1 Å². The molecule has 0 aromatic heterocycles. The van der Waals surface area contributed by atoms with Crippen LogP contribution in [-0.2, 0) is 6.42 Å². The van der Waals surface area contributed by atoms with Gasteiger partial charge in [-0.3, -0.25) is 0 Å². The lowest BCUT2D eigenvalue weighted by atomic mass is 9.88. The van der Waals surface area contributed by atoms with Crippen molar-refractivity contribution in [1.29, 1.82) is 0 Å². The van der Waals surface area contributed by atoms with Crippen LogP contribution in [0, 0.1) is 6.92 Å². The summed E-state index contributed by atoms with van der Waals surface area (Å²) < 4.78 is 0. The van der Waals surface area contributed by atoms with Gasteiger partial charge < -0.3 is 0 Å². The first kappa shape index (κ1) is 12.4. The fraction of sp³-hybridized carbons (Fsp3) is 0.143. The van der Waals surface area contributed by atoms with Crippen LogP contribution in [0.3, 0.4) is 0 Å². The minimum atomic E-state index is 1.07. The molecule has 102 valence electrons. The quantitative estimate of drug-likeness (QED) is 0.371. The van der Waals surface area contributed by atoms with Gasteiger partial charge in [0.25, 0.3) is 0 Å². The normalized spacial score (nSPS) is 11.5. The first-order valence-corrected chi connectivity index (χ1v) is 7.63. The maximum absolute atomic E-state index is 2.28. The fourth-order valence-electron chi connectivity index (χ4n) is 3.69. The molecule has 0 atom stereocenters. The van der Waals surface area contributed by atoms with Gasteiger partial charge in [-0.25, -0.2) is 0 Å². The van der Waals surface area contributed by atoms with Gasteiger partial charge in [-0.05, 0) is 56.8 Å². The van der Waals surface area contributed by atoms with E-state index in [1.54, 1.807) is 0 Å². The molecule has 0 saturated carbocycles. The van der Waals surface area contributed by atoms with Gasteiger partial charge in [0.1, 0.15) is 0 Å². The predicted molar refractivity (Wildman–Crippen MR) is 93.1 cm³/mol. The largest absolute Gasteiger partial charge is 0.0616 e. The molecule has 0 amide bonds. The molecule has 4 rings (SSSR count). The molecule has 0 fully saturated rings. The second-order valence-corrected chi connectivity index (χ2v) is 5.71. The van der Waals surface area contributed by atoms with Crippen molar-refractivity contribution in [1.82, 2.24) is 0 Å². The Morgan fingerprint density at radius 2 is 1.33 bits per heavy atom. The SMILES string of the molecule is CCc1c(C)c2c3ccccc3ccc2c2ccccc12. The van der Waals surface area contributed by atoms with Gasteiger partial charge in [-0.2, -0.15) is 0 Å². The third kappa shape index (κ3) is 1.69. The summed E-state index contributed by atoms with van der Waals surface area (Å²) in [5.41, 5.74) is 2.91. The van der Waals surface area contributed by atoms with E-state index in [1.165, 1.54) is 43.4 Å². The second-order valence-electron chi connectivity index (χ2n) is 5.71. The molecule has 0 aliphatic carbocycles. The van der Waals surface area contributed by atoms with Gasteiger partial charge in [-0.1, -0.05) is 67.6 Å². The molecule has 0 nitrogen and oxygen atoms in total. The molecule has 0 bridgehead atoms. The Balaban J connectivity index is 2.37.